The third-order valence-corrected chi connectivity index (χ3v) is 2.39. The van der Waals surface area contributed by atoms with Crippen molar-refractivity contribution in [3.8, 4) is 0 Å². The lowest BCUT2D eigenvalue weighted by atomic mass is 10.2. The first kappa shape index (κ1) is 17.0. The highest BCUT2D eigenvalue weighted by Crippen LogP contribution is 2.07. The van der Waals surface area contributed by atoms with Gasteiger partial charge in [-0.1, -0.05) is 30.3 Å². The van der Waals surface area contributed by atoms with Gasteiger partial charge in [-0.15, -0.1) is 0 Å². The van der Waals surface area contributed by atoms with Crippen LogP contribution >= 0.6 is 0 Å². The van der Waals surface area contributed by atoms with Gasteiger partial charge < -0.3 is 20.5 Å². The molecule has 1 rings (SSSR count). The van der Waals surface area contributed by atoms with E-state index in [-0.39, 0.29) is 13.2 Å². The van der Waals surface area contributed by atoms with Gasteiger partial charge in [0.15, 0.2) is 0 Å². The van der Waals surface area contributed by atoms with Crippen LogP contribution in [-0.2, 0) is 20.9 Å². The van der Waals surface area contributed by atoms with Crippen molar-refractivity contribution in [2.45, 2.75) is 39.0 Å². The molecule has 6 heteroatoms. The highest BCUT2D eigenvalue weighted by molar-refractivity contribution is 5.77. The summed E-state index contributed by atoms with van der Waals surface area (Å²) in [5.41, 5.74) is 5.91. The fraction of sp³-hybridized carbons (Fsp3) is 0.467. The average molecular weight is 294 g/mol. The molecule has 0 aliphatic heterocycles. The van der Waals surface area contributed by atoms with Crippen LogP contribution in [0.4, 0.5) is 4.79 Å². The van der Waals surface area contributed by atoms with E-state index in [0.717, 1.165) is 5.56 Å². The van der Waals surface area contributed by atoms with Gasteiger partial charge in [-0.05, 0) is 26.3 Å². The number of benzene rings is 1. The molecule has 0 aliphatic rings. The lowest BCUT2D eigenvalue weighted by molar-refractivity contribution is -0.156. The Labute approximate surface area is 124 Å². The Hall–Kier alpha value is -2.08. The summed E-state index contributed by atoms with van der Waals surface area (Å²) in [5.74, 6) is -0.564. The SMILES string of the molecule is CC(C)(C)OC(=O)[C@H](N)CNC(=O)OCc1ccccc1. The van der Waals surface area contributed by atoms with Crippen LogP contribution in [0.5, 0.6) is 0 Å². The van der Waals surface area contributed by atoms with Gasteiger partial charge in [-0.2, -0.15) is 0 Å². The van der Waals surface area contributed by atoms with Crippen LogP contribution in [0, 0.1) is 0 Å². The highest BCUT2D eigenvalue weighted by Gasteiger charge is 2.22. The number of ether oxygens (including phenoxy) is 2. The van der Waals surface area contributed by atoms with Gasteiger partial charge in [0.2, 0.25) is 0 Å². The Balaban J connectivity index is 2.28. The summed E-state index contributed by atoms with van der Waals surface area (Å²) < 4.78 is 10.1. The molecule has 0 radical (unpaired) electrons. The lowest BCUT2D eigenvalue weighted by Gasteiger charge is -2.22. The van der Waals surface area contributed by atoms with Crippen molar-refractivity contribution in [2.24, 2.45) is 5.73 Å². The smallest absolute Gasteiger partial charge is 0.407 e. The number of rotatable bonds is 5. The molecule has 1 amide bonds. The van der Waals surface area contributed by atoms with Crippen LogP contribution in [0.1, 0.15) is 26.3 Å². The fourth-order valence-electron chi connectivity index (χ4n) is 1.43. The molecule has 1 aromatic carbocycles. The minimum atomic E-state index is -0.923. The second-order valence-electron chi connectivity index (χ2n) is 5.58. The number of hydrogen-bond acceptors (Lipinski definition) is 5. The zero-order chi connectivity index (χ0) is 15.9. The van der Waals surface area contributed by atoms with Crippen LogP contribution in [0.15, 0.2) is 30.3 Å². The van der Waals surface area contributed by atoms with Gasteiger partial charge in [0.05, 0.1) is 0 Å². The zero-order valence-corrected chi connectivity index (χ0v) is 12.6. The van der Waals surface area contributed by atoms with Gasteiger partial charge in [-0.3, -0.25) is 4.79 Å². The Kier molecular flexibility index (Phi) is 6.17. The molecule has 0 saturated heterocycles. The third kappa shape index (κ3) is 7.31. The van der Waals surface area contributed by atoms with Crippen molar-refractivity contribution in [2.75, 3.05) is 6.54 Å². The predicted molar refractivity (Wildman–Crippen MR) is 78.5 cm³/mol. The Morgan fingerprint density at radius 1 is 1.24 bits per heavy atom. The van der Waals surface area contributed by atoms with E-state index >= 15 is 0 Å². The summed E-state index contributed by atoms with van der Waals surface area (Å²) in [6.07, 6.45) is -0.627. The molecule has 0 bridgehead atoms. The first-order chi connectivity index (χ1) is 9.78. The minimum Gasteiger partial charge on any atom is -0.459 e. The van der Waals surface area contributed by atoms with Gasteiger partial charge in [0.25, 0.3) is 0 Å². The Morgan fingerprint density at radius 2 is 1.86 bits per heavy atom. The maximum absolute atomic E-state index is 11.6. The van der Waals surface area contributed by atoms with E-state index in [2.05, 4.69) is 5.32 Å². The van der Waals surface area contributed by atoms with E-state index < -0.39 is 23.7 Å². The molecule has 0 spiro atoms. The van der Waals surface area contributed by atoms with E-state index in [1.165, 1.54) is 0 Å². The summed E-state index contributed by atoms with van der Waals surface area (Å²) in [7, 11) is 0. The molecule has 0 saturated carbocycles. The molecule has 6 nitrogen and oxygen atoms in total. The molecule has 0 heterocycles. The molecular weight excluding hydrogens is 272 g/mol. The molecule has 0 aliphatic carbocycles. The summed E-state index contributed by atoms with van der Waals surface area (Å²) in [4.78, 5) is 23.1. The van der Waals surface area contributed by atoms with Crippen molar-refractivity contribution in [1.29, 1.82) is 0 Å². The molecule has 3 N–H and O–H groups in total. The van der Waals surface area contributed by atoms with Crippen molar-refractivity contribution in [3.63, 3.8) is 0 Å². The second-order valence-corrected chi connectivity index (χ2v) is 5.58. The van der Waals surface area contributed by atoms with Crippen molar-refractivity contribution in [1.82, 2.24) is 5.32 Å². The van der Waals surface area contributed by atoms with Gasteiger partial charge in [0.1, 0.15) is 18.2 Å². The van der Waals surface area contributed by atoms with Gasteiger partial charge in [0, 0.05) is 6.54 Å². The molecule has 21 heavy (non-hydrogen) atoms. The monoisotopic (exact) mass is 294 g/mol. The Morgan fingerprint density at radius 3 is 2.43 bits per heavy atom. The summed E-state index contributed by atoms with van der Waals surface area (Å²) in [5, 5.41) is 2.43. The van der Waals surface area contributed by atoms with Gasteiger partial charge in [-0.25, -0.2) is 4.79 Å². The Bertz CT molecular complexity index is 468. The van der Waals surface area contributed by atoms with Crippen molar-refractivity contribution < 1.29 is 19.1 Å². The molecule has 0 unspecified atom stereocenters. The zero-order valence-electron chi connectivity index (χ0n) is 12.6. The summed E-state index contributed by atoms with van der Waals surface area (Å²) in [6, 6.07) is 8.36. The minimum absolute atomic E-state index is 0.0392. The largest absolute Gasteiger partial charge is 0.459 e. The van der Waals surface area contributed by atoms with E-state index in [9.17, 15) is 9.59 Å². The van der Waals surface area contributed by atoms with Crippen LogP contribution in [0.25, 0.3) is 0 Å². The number of amides is 1. The number of hydrogen-bond donors (Lipinski definition) is 2. The van der Waals surface area contributed by atoms with Crippen LogP contribution < -0.4 is 11.1 Å². The van der Waals surface area contributed by atoms with E-state index in [1.54, 1.807) is 20.8 Å². The number of alkyl carbamates (subject to hydrolysis) is 1. The number of carbonyl (C=O) groups is 2. The number of carbonyl (C=O) groups excluding carboxylic acids is 2. The molecule has 0 fully saturated rings. The predicted octanol–water partition coefficient (Wildman–Crippen LogP) is 1.58. The fourth-order valence-corrected chi connectivity index (χ4v) is 1.43. The molecule has 116 valence electrons. The first-order valence-corrected chi connectivity index (χ1v) is 6.71. The highest BCUT2D eigenvalue weighted by atomic mass is 16.6. The second kappa shape index (κ2) is 7.64. The topological polar surface area (TPSA) is 90.6 Å². The van der Waals surface area contributed by atoms with E-state index in [4.69, 9.17) is 15.2 Å². The first-order valence-electron chi connectivity index (χ1n) is 6.71. The average Bonchev–Trinajstić information content (AvgIpc) is 2.41. The summed E-state index contributed by atoms with van der Waals surface area (Å²) >= 11 is 0. The van der Waals surface area contributed by atoms with Crippen LogP contribution in [0.2, 0.25) is 0 Å². The van der Waals surface area contributed by atoms with Gasteiger partial charge >= 0.3 is 12.1 Å². The molecular formula is C15H22N2O4. The maximum Gasteiger partial charge on any atom is 0.407 e. The number of nitrogens with two attached hydrogens (primary N) is 1. The third-order valence-electron chi connectivity index (χ3n) is 2.39. The standard InChI is InChI=1S/C15H22N2O4/c1-15(2,3)21-13(18)12(16)9-17-14(19)20-10-11-7-5-4-6-8-11/h4-8,12H,9-10,16H2,1-3H3,(H,17,19)/t12-/m1/s1. The molecule has 1 atom stereocenters. The van der Waals surface area contributed by atoms with E-state index in [1.807, 2.05) is 30.3 Å². The number of nitrogens with one attached hydrogen (secondary N) is 1. The molecule has 1 aromatic rings. The van der Waals surface area contributed by atoms with Crippen LogP contribution in [0.3, 0.4) is 0 Å². The summed E-state index contributed by atoms with van der Waals surface area (Å²) in [6.45, 7) is 5.37. The lowest BCUT2D eigenvalue weighted by Crippen LogP contribution is -2.45. The van der Waals surface area contributed by atoms with Crippen molar-refractivity contribution >= 4 is 12.1 Å². The normalized spacial score (nSPS) is 12.4. The quantitative estimate of drug-likeness (QED) is 0.805. The van der Waals surface area contributed by atoms with E-state index in [0.29, 0.717) is 0 Å². The molecule has 0 aromatic heterocycles. The number of esters is 1. The van der Waals surface area contributed by atoms with Crippen molar-refractivity contribution in [3.05, 3.63) is 35.9 Å². The van der Waals surface area contributed by atoms with Crippen LogP contribution in [-0.4, -0.2) is 30.3 Å². The maximum atomic E-state index is 11.6.